The number of nitrogens with zero attached hydrogens (tertiary/aromatic N) is 3. The molecule has 5 heteroatoms. The van der Waals surface area contributed by atoms with Crippen LogP contribution >= 0.6 is 0 Å². The molecule has 0 saturated heterocycles. The molecule has 1 N–H and O–H groups in total. The van der Waals surface area contributed by atoms with E-state index in [4.69, 9.17) is 0 Å². The third kappa shape index (κ3) is 4.25. The van der Waals surface area contributed by atoms with Crippen molar-refractivity contribution in [3.05, 3.63) is 95.7 Å². The maximum atomic E-state index is 12.9. The van der Waals surface area contributed by atoms with Crippen LogP contribution in [0.15, 0.2) is 84.0 Å². The summed E-state index contributed by atoms with van der Waals surface area (Å²) in [5.74, 6) is 0.0701. The first-order valence-corrected chi connectivity index (χ1v) is 9.87. The van der Waals surface area contributed by atoms with Gasteiger partial charge in [0.05, 0.1) is 17.2 Å². The predicted octanol–water partition coefficient (Wildman–Crippen LogP) is 5.18. The summed E-state index contributed by atoms with van der Waals surface area (Å²) < 4.78 is 0. The quantitative estimate of drug-likeness (QED) is 0.374. The zero-order valence-corrected chi connectivity index (χ0v) is 16.9. The second-order valence-electron chi connectivity index (χ2n) is 7.30. The van der Waals surface area contributed by atoms with Crippen LogP contribution in [-0.4, -0.2) is 22.1 Å². The van der Waals surface area contributed by atoms with Gasteiger partial charge in [0, 0.05) is 5.56 Å². The third-order valence-corrected chi connectivity index (χ3v) is 4.82. The number of fused-ring (bicyclic) bond motifs is 1. The van der Waals surface area contributed by atoms with Gasteiger partial charge in [-0.05, 0) is 29.2 Å². The molecular weight excluding hydrogens is 372 g/mol. The molecule has 0 fully saturated rings. The van der Waals surface area contributed by atoms with Crippen LogP contribution in [0.1, 0.15) is 41.4 Å². The maximum Gasteiger partial charge on any atom is 0.292 e. The molecule has 3 aromatic carbocycles. The van der Waals surface area contributed by atoms with Crippen molar-refractivity contribution in [1.29, 1.82) is 0 Å². The van der Waals surface area contributed by atoms with Gasteiger partial charge >= 0.3 is 0 Å². The lowest BCUT2D eigenvalue weighted by atomic mass is 10.0. The Balaban J connectivity index is 1.62. The van der Waals surface area contributed by atoms with Crippen LogP contribution in [0.25, 0.3) is 22.3 Å². The summed E-state index contributed by atoms with van der Waals surface area (Å²) in [6.07, 6.45) is 1.62. The van der Waals surface area contributed by atoms with Crippen LogP contribution in [0.4, 0.5) is 0 Å². The van der Waals surface area contributed by atoms with Crippen molar-refractivity contribution >= 4 is 23.2 Å². The van der Waals surface area contributed by atoms with Gasteiger partial charge in [-0.1, -0.05) is 80.6 Å². The largest absolute Gasteiger partial charge is 0.292 e. The van der Waals surface area contributed by atoms with Gasteiger partial charge < -0.3 is 0 Å². The van der Waals surface area contributed by atoms with Crippen LogP contribution in [0, 0.1) is 0 Å². The molecule has 4 aromatic rings. The van der Waals surface area contributed by atoms with Crippen molar-refractivity contribution in [3.63, 3.8) is 0 Å². The summed E-state index contributed by atoms with van der Waals surface area (Å²) in [6, 6.07) is 25.2. The fourth-order valence-electron chi connectivity index (χ4n) is 3.14. The molecule has 4 rings (SSSR count). The van der Waals surface area contributed by atoms with E-state index in [2.05, 4.69) is 46.5 Å². The molecular formula is C25H22N4O. The van der Waals surface area contributed by atoms with E-state index < -0.39 is 5.91 Å². The minimum atomic E-state index is -0.401. The number of aromatic nitrogens is 2. The lowest BCUT2D eigenvalue weighted by Gasteiger charge is -2.09. The molecule has 0 atom stereocenters. The molecule has 0 radical (unpaired) electrons. The number of amides is 1. The Bertz CT molecular complexity index is 1200. The van der Waals surface area contributed by atoms with Gasteiger partial charge in [-0.25, -0.2) is 15.4 Å². The first-order chi connectivity index (χ1) is 14.6. The van der Waals surface area contributed by atoms with Gasteiger partial charge in [0.25, 0.3) is 5.91 Å². The average molecular weight is 394 g/mol. The smallest absolute Gasteiger partial charge is 0.265 e. The maximum absolute atomic E-state index is 12.9. The number of carbonyl (C=O) groups is 1. The zero-order chi connectivity index (χ0) is 20.9. The highest BCUT2D eigenvalue weighted by molar-refractivity contribution is 6.00. The van der Waals surface area contributed by atoms with Crippen LogP contribution in [0.2, 0.25) is 0 Å². The van der Waals surface area contributed by atoms with E-state index in [0.717, 1.165) is 16.6 Å². The Kier molecular flexibility index (Phi) is 5.61. The number of hydrazone groups is 1. The van der Waals surface area contributed by atoms with Crippen molar-refractivity contribution in [2.45, 2.75) is 19.8 Å². The predicted molar refractivity (Wildman–Crippen MR) is 121 cm³/mol. The van der Waals surface area contributed by atoms with Gasteiger partial charge in [-0.2, -0.15) is 5.10 Å². The van der Waals surface area contributed by atoms with E-state index in [1.54, 1.807) is 6.21 Å². The van der Waals surface area contributed by atoms with Crippen LogP contribution in [0.5, 0.6) is 0 Å². The van der Waals surface area contributed by atoms with E-state index in [-0.39, 0.29) is 5.69 Å². The molecule has 0 bridgehead atoms. The van der Waals surface area contributed by atoms with Gasteiger partial charge in [0.1, 0.15) is 5.69 Å². The molecule has 0 aliphatic carbocycles. The van der Waals surface area contributed by atoms with Crippen molar-refractivity contribution in [3.8, 4) is 11.3 Å². The van der Waals surface area contributed by atoms with Crippen LogP contribution < -0.4 is 5.43 Å². The summed E-state index contributed by atoms with van der Waals surface area (Å²) in [4.78, 5) is 22.1. The Hall–Kier alpha value is -3.86. The molecule has 30 heavy (non-hydrogen) atoms. The highest BCUT2D eigenvalue weighted by Crippen LogP contribution is 2.23. The summed E-state index contributed by atoms with van der Waals surface area (Å²) >= 11 is 0. The summed E-state index contributed by atoms with van der Waals surface area (Å²) in [5, 5.41) is 4.11. The lowest BCUT2D eigenvalue weighted by Crippen LogP contribution is -2.20. The summed E-state index contributed by atoms with van der Waals surface area (Å²) in [5.41, 5.74) is 7.76. The van der Waals surface area contributed by atoms with Gasteiger partial charge in [-0.15, -0.1) is 0 Å². The minimum Gasteiger partial charge on any atom is -0.265 e. The number of nitrogens with one attached hydrogen (secondary N) is 1. The fourth-order valence-corrected chi connectivity index (χ4v) is 3.14. The zero-order valence-electron chi connectivity index (χ0n) is 16.9. The van der Waals surface area contributed by atoms with E-state index in [1.807, 2.05) is 66.7 Å². The monoisotopic (exact) mass is 394 g/mol. The summed E-state index contributed by atoms with van der Waals surface area (Å²) in [6.45, 7) is 4.30. The average Bonchev–Trinajstić information content (AvgIpc) is 2.79. The van der Waals surface area contributed by atoms with Crippen molar-refractivity contribution in [2.75, 3.05) is 0 Å². The van der Waals surface area contributed by atoms with Crippen LogP contribution in [-0.2, 0) is 0 Å². The van der Waals surface area contributed by atoms with Crippen molar-refractivity contribution < 1.29 is 4.79 Å². The molecule has 1 heterocycles. The molecule has 0 saturated carbocycles. The van der Waals surface area contributed by atoms with Gasteiger partial charge in [0.15, 0.2) is 5.69 Å². The second-order valence-corrected chi connectivity index (χ2v) is 7.30. The topological polar surface area (TPSA) is 67.2 Å². The number of para-hydroxylation sites is 2. The Labute approximate surface area is 175 Å². The normalized spacial score (nSPS) is 11.3. The molecule has 148 valence electrons. The van der Waals surface area contributed by atoms with Gasteiger partial charge in [0.2, 0.25) is 0 Å². The number of hydrogen-bond acceptors (Lipinski definition) is 4. The summed E-state index contributed by atoms with van der Waals surface area (Å²) in [7, 11) is 0. The van der Waals surface area contributed by atoms with E-state index in [1.165, 1.54) is 5.56 Å². The van der Waals surface area contributed by atoms with E-state index >= 15 is 0 Å². The third-order valence-electron chi connectivity index (χ3n) is 4.82. The number of carbonyl (C=O) groups excluding carboxylic acids is 1. The number of hydrogen-bond donors (Lipinski definition) is 1. The highest BCUT2D eigenvalue weighted by atomic mass is 16.2. The fraction of sp³-hybridized carbons (Fsp3) is 0.120. The molecule has 0 unspecified atom stereocenters. The van der Waals surface area contributed by atoms with E-state index in [9.17, 15) is 4.79 Å². The Morgan fingerprint density at radius 1 is 0.867 bits per heavy atom. The van der Waals surface area contributed by atoms with Crippen LogP contribution in [0.3, 0.4) is 0 Å². The van der Waals surface area contributed by atoms with Crippen molar-refractivity contribution in [2.24, 2.45) is 5.10 Å². The standard InChI is InChI=1S/C25H22N4O/c1-17(2)19-14-12-18(13-15-19)16-26-29-25(30)24-23(20-8-4-3-5-9-20)27-21-10-6-7-11-22(21)28-24/h3-17H,1-2H3,(H,29,30)/b26-16+. The molecule has 1 amide bonds. The minimum absolute atomic E-state index is 0.243. The van der Waals surface area contributed by atoms with Crippen molar-refractivity contribution in [1.82, 2.24) is 15.4 Å². The molecule has 0 aliphatic rings. The second kappa shape index (κ2) is 8.66. The molecule has 0 aliphatic heterocycles. The number of rotatable bonds is 5. The molecule has 1 aromatic heterocycles. The lowest BCUT2D eigenvalue weighted by molar-refractivity contribution is 0.0951. The Morgan fingerprint density at radius 3 is 2.17 bits per heavy atom. The van der Waals surface area contributed by atoms with E-state index in [0.29, 0.717) is 17.1 Å². The van der Waals surface area contributed by atoms with Gasteiger partial charge in [-0.3, -0.25) is 4.79 Å². The Morgan fingerprint density at radius 2 is 1.50 bits per heavy atom. The number of benzene rings is 3. The molecule has 0 spiro atoms. The SMILES string of the molecule is CC(C)c1ccc(/C=N/NC(=O)c2nc3ccccc3nc2-c2ccccc2)cc1. The molecule has 5 nitrogen and oxygen atoms in total. The highest BCUT2D eigenvalue weighted by Gasteiger charge is 2.17. The first kappa shape index (κ1) is 19.5. The first-order valence-electron chi connectivity index (χ1n) is 9.87.